The predicted molar refractivity (Wildman–Crippen MR) is 102 cm³/mol. The Morgan fingerprint density at radius 1 is 1.00 bits per heavy atom. The largest absolute Gasteiger partial charge is 0.481 e. The Hall–Kier alpha value is -3.68. The van der Waals surface area contributed by atoms with Gasteiger partial charge in [0.25, 0.3) is 0 Å². The first-order valence-electron chi connectivity index (χ1n) is 8.77. The molecule has 0 radical (unpaired) electrons. The van der Waals surface area contributed by atoms with Crippen LogP contribution in [0.3, 0.4) is 0 Å². The number of aromatic nitrogens is 3. The minimum atomic E-state index is -1.21. The standard InChI is InChI=1S/C20H18N4O4/c1-12-21-18(22-19(27)28)24(23-12)16-8-4-14(5-9-16)13-2-6-15(7-3-13)20(10-11-20)17(25)26/h2-9H,10-11H2,1H3,(H,25,26)(H,27,28)(H,21,22,23). The third kappa shape index (κ3) is 3.09. The number of nitrogens with one attached hydrogen (secondary N) is 1. The van der Waals surface area contributed by atoms with Gasteiger partial charge in [-0.3, -0.25) is 10.1 Å². The number of aryl methyl sites for hydroxylation is 1. The van der Waals surface area contributed by atoms with Crippen LogP contribution in [-0.2, 0) is 10.2 Å². The lowest BCUT2D eigenvalue weighted by molar-refractivity contribution is -0.140. The van der Waals surface area contributed by atoms with Crippen LogP contribution in [0.2, 0.25) is 0 Å². The first-order valence-corrected chi connectivity index (χ1v) is 8.77. The van der Waals surface area contributed by atoms with Gasteiger partial charge in [-0.25, -0.2) is 4.79 Å². The highest BCUT2D eigenvalue weighted by Crippen LogP contribution is 2.48. The maximum Gasteiger partial charge on any atom is 0.411 e. The van der Waals surface area contributed by atoms with Gasteiger partial charge in [0.1, 0.15) is 5.82 Å². The van der Waals surface area contributed by atoms with E-state index in [-0.39, 0.29) is 5.95 Å². The summed E-state index contributed by atoms with van der Waals surface area (Å²) in [5, 5.41) is 24.8. The van der Waals surface area contributed by atoms with E-state index >= 15 is 0 Å². The van der Waals surface area contributed by atoms with Gasteiger partial charge in [-0.15, -0.1) is 5.10 Å². The lowest BCUT2D eigenvalue weighted by Gasteiger charge is -2.11. The predicted octanol–water partition coefficient (Wildman–Crippen LogP) is 3.45. The van der Waals surface area contributed by atoms with Crippen molar-refractivity contribution in [2.24, 2.45) is 0 Å². The molecule has 0 saturated heterocycles. The fourth-order valence-corrected chi connectivity index (χ4v) is 3.30. The number of aliphatic carboxylic acids is 1. The molecule has 8 heteroatoms. The molecule has 1 aromatic heterocycles. The summed E-state index contributed by atoms with van der Waals surface area (Å²) < 4.78 is 1.43. The van der Waals surface area contributed by atoms with E-state index in [1.54, 1.807) is 6.92 Å². The summed E-state index contributed by atoms with van der Waals surface area (Å²) in [4.78, 5) is 26.4. The lowest BCUT2D eigenvalue weighted by atomic mass is 9.94. The molecule has 3 N–H and O–H groups in total. The van der Waals surface area contributed by atoms with Crippen LogP contribution in [0.1, 0.15) is 24.2 Å². The lowest BCUT2D eigenvalue weighted by Crippen LogP contribution is -2.19. The Balaban J connectivity index is 1.59. The van der Waals surface area contributed by atoms with Gasteiger partial charge in [0.15, 0.2) is 0 Å². The van der Waals surface area contributed by atoms with E-state index in [1.165, 1.54) is 4.68 Å². The van der Waals surface area contributed by atoms with Crippen molar-refractivity contribution in [3.8, 4) is 16.8 Å². The topological polar surface area (TPSA) is 117 Å². The molecule has 1 saturated carbocycles. The second-order valence-electron chi connectivity index (χ2n) is 6.84. The van der Waals surface area contributed by atoms with Gasteiger partial charge in [0.2, 0.25) is 5.95 Å². The maximum absolute atomic E-state index is 11.5. The minimum Gasteiger partial charge on any atom is -0.481 e. The number of hydrogen-bond acceptors (Lipinski definition) is 4. The second-order valence-corrected chi connectivity index (χ2v) is 6.84. The van der Waals surface area contributed by atoms with Crippen molar-refractivity contribution in [2.75, 3.05) is 5.32 Å². The van der Waals surface area contributed by atoms with Gasteiger partial charge in [0.05, 0.1) is 11.1 Å². The van der Waals surface area contributed by atoms with Crippen LogP contribution < -0.4 is 5.32 Å². The van der Waals surface area contributed by atoms with E-state index in [1.807, 2.05) is 48.5 Å². The van der Waals surface area contributed by atoms with Gasteiger partial charge >= 0.3 is 12.1 Å². The summed E-state index contributed by atoms with van der Waals surface area (Å²) >= 11 is 0. The fraction of sp³-hybridized carbons (Fsp3) is 0.200. The maximum atomic E-state index is 11.5. The van der Waals surface area contributed by atoms with Gasteiger partial charge < -0.3 is 10.2 Å². The van der Waals surface area contributed by atoms with Crippen molar-refractivity contribution < 1.29 is 19.8 Å². The highest BCUT2D eigenvalue weighted by atomic mass is 16.4. The summed E-state index contributed by atoms with van der Waals surface area (Å²) in [7, 11) is 0. The van der Waals surface area contributed by atoms with E-state index in [2.05, 4.69) is 15.4 Å². The smallest absolute Gasteiger partial charge is 0.411 e. The zero-order chi connectivity index (χ0) is 19.9. The molecule has 142 valence electrons. The SMILES string of the molecule is Cc1nc(NC(=O)O)n(-c2ccc(-c3ccc(C4(C(=O)O)CC4)cc3)cc2)n1. The van der Waals surface area contributed by atoms with Crippen molar-refractivity contribution in [2.45, 2.75) is 25.2 Å². The van der Waals surface area contributed by atoms with Crippen molar-refractivity contribution in [1.82, 2.24) is 14.8 Å². The van der Waals surface area contributed by atoms with E-state index < -0.39 is 17.5 Å². The molecule has 3 aromatic rings. The molecule has 8 nitrogen and oxygen atoms in total. The van der Waals surface area contributed by atoms with Gasteiger partial charge in [-0.1, -0.05) is 36.4 Å². The molecule has 0 bridgehead atoms. The number of carboxylic acid groups (broad SMARTS) is 2. The van der Waals surface area contributed by atoms with Crippen molar-refractivity contribution in [3.05, 3.63) is 59.9 Å². The van der Waals surface area contributed by atoms with Crippen LogP contribution in [-0.4, -0.2) is 37.0 Å². The summed E-state index contributed by atoms with van der Waals surface area (Å²) in [5.74, 6) is -0.181. The summed E-state index contributed by atoms with van der Waals surface area (Å²) in [6, 6.07) is 15.0. The van der Waals surface area contributed by atoms with E-state index in [0.717, 1.165) is 16.7 Å². The number of amides is 1. The third-order valence-corrected chi connectivity index (χ3v) is 4.97. The van der Waals surface area contributed by atoms with Crippen molar-refractivity contribution in [1.29, 1.82) is 0 Å². The molecule has 0 spiro atoms. The second kappa shape index (κ2) is 6.49. The molecule has 1 heterocycles. The summed E-state index contributed by atoms with van der Waals surface area (Å²) in [6.07, 6.45) is 0.154. The number of carboxylic acids is 1. The molecule has 1 amide bonds. The van der Waals surface area contributed by atoms with E-state index in [0.29, 0.717) is 24.4 Å². The Bertz CT molecular complexity index is 1050. The molecule has 2 aromatic carbocycles. The average Bonchev–Trinajstić information content (AvgIpc) is 3.41. The van der Waals surface area contributed by atoms with Crippen LogP contribution >= 0.6 is 0 Å². The highest BCUT2D eigenvalue weighted by Gasteiger charge is 2.51. The molecule has 1 fully saturated rings. The van der Waals surface area contributed by atoms with Crippen LogP contribution in [0.15, 0.2) is 48.5 Å². The van der Waals surface area contributed by atoms with Crippen LogP contribution in [0.25, 0.3) is 16.8 Å². The third-order valence-electron chi connectivity index (χ3n) is 4.97. The van der Waals surface area contributed by atoms with Gasteiger partial charge in [-0.05, 0) is 48.6 Å². The van der Waals surface area contributed by atoms with Gasteiger partial charge in [-0.2, -0.15) is 9.67 Å². The zero-order valence-corrected chi connectivity index (χ0v) is 15.1. The van der Waals surface area contributed by atoms with Crippen molar-refractivity contribution in [3.63, 3.8) is 0 Å². The quantitative estimate of drug-likeness (QED) is 0.626. The molecule has 1 aliphatic rings. The zero-order valence-electron chi connectivity index (χ0n) is 15.1. The molecular weight excluding hydrogens is 360 g/mol. The van der Waals surface area contributed by atoms with Crippen molar-refractivity contribution >= 4 is 18.0 Å². The Labute approximate surface area is 160 Å². The number of hydrogen-bond donors (Lipinski definition) is 3. The molecule has 4 rings (SSSR count). The average molecular weight is 378 g/mol. The number of benzene rings is 2. The molecule has 0 atom stereocenters. The van der Waals surface area contributed by atoms with Gasteiger partial charge in [0, 0.05) is 0 Å². The normalized spacial score (nSPS) is 14.5. The number of nitrogens with zero attached hydrogens (tertiary/aromatic N) is 3. The van der Waals surface area contributed by atoms with E-state index in [4.69, 9.17) is 5.11 Å². The highest BCUT2D eigenvalue weighted by molar-refractivity contribution is 5.85. The molecule has 0 unspecified atom stereocenters. The number of carbonyl (C=O) groups is 2. The molecular formula is C20H18N4O4. The van der Waals surface area contributed by atoms with Crippen LogP contribution in [0.4, 0.5) is 10.7 Å². The first kappa shape index (κ1) is 17.7. The first-order chi connectivity index (χ1) is 13.4. The molecule has 0 aliphatic heterocycles. The number of anilines is 1. The Morgan fingerprint density at radius 2 is 1.57 bits per heavy atom. The summed E-state index contributed by atoms with van der Waals surface area (Å²) in [6.45, 7) is 1.68. The monoisotopic (exact) mass is 378 g/mol. The summed E-state index contributed by atoms with van der Waals surface area (Å²) in [5.41, 5.74) is 2.73. The minimum absolute atomic E-state index is 0.130. The molecule has 1 aliphatic carbocycles. The fourth-order valence-electron chi connectivity index (χ4n) is 3.30. The van der Waals surface area contributed by atoms with Crippen LogP contribution in [0.5, 0.6) is 0 Å². The Kier molecular flexibility index (Phi) is 4.11. The number of rotatable bonds is 5. The Morgan fingerprint density at radius 3 is 2.07 bits per heavy atom. The van der Waals surface area contributed by atoms with Crippen LogP contribution in [0, 0.1) is 6.92 Å². The van der Waals surface area contributed by atoms with E-state index in [9.17, 15) is 14.7 Å². The molecule has 28 heavy (non-hydrogen) atoms.